The highest BCUT2D eigenvalue weighted by Crippen LogP contribution is 2.37. The van der Waals surface area contributed by atoms with Gasteiger partial charge in [0.15, 0.2) is 0 Å². The van der Waals surface area contributed by atoms with Crippen LogP contribution in [0.4, 0.5) is 0 Å². The van der Waals surface area contributed by atoms with Crippen LogP contribution in [0.5, 0.6) is 0 Å². The lowest BCUT2D eigenvalue weighted by Crippen LogP contribution is -2.48. The molecule has 2 aromatic rings. The lowest BCUT2D eigenvalue weighted by atomic mass is 9.92. The van der Waals surface area contributed by atoms with Crippen molar-refractivity contribution in [1.29, 1.82) is 0 Å². The number of aliphatic hydroxyl groups excluding tert-OH is 1. The number of carbonyl (C=O) groups is 2. The summed E-state index contributed by atoms with van der Waals surface area (Å²) in [5, 5.41) is 10.9. The first-order chi connectivity index (χ1) is 18.2. The summed E-state index contributed by atoms with van der Waals surface area (Å²) in [4.78, 5) is 30.0. The van der Waals surface area contributed by atoms with Gasteiger partial charge in [0.05, 0.1) is 18.3 Å². The number of rotatable bonds is 5. The van der Waals surface area contributed by atoms with Gasteiger partial charge in [0.2, 0.25) is 5.91 Å². The molecule has 0 unspecified atom stereocenters. The summed E-state index contributed by atoms with van der Waals surface area (Å²) in [6.45, 7) is 5.89. The maximum Gasteiger partial charge on any atom is 0.254 e. The molecule has 1 saturated carbocycles. The second kappa shape index (κ2) is 11.5. The van der Waals surface area contributed by atoms with Crippen molar-refractivity contribution in [3.8, 4) is 11.1 Å². The minimum absolute atomic E-state index is 0.00430. The number of hydrogen-bond acceptors (Lipinski definition) is 4. The molecule has 3 fully saturated rings. The maximum atomic E-state index is 13.2. The number of morpholine rings is 1. The van der Waals surface area contributed by atoms with E-state index in [0.717, 1.165) is 55.3 Å². The summed E-state index contributed by atoms with van der Waals surface area (Å²) in [6, 6.07) is 11.5. The zero-order valence-electron chi connectivity index (χ0n) is 22.0. The first-order valence-corrected chi connectivity index (χ1v) is 14.5. The van der Waals surface area contributed by atoms with Crippen molar-refractivity contribution < 1.29 is 19.4 Å². The van der Waals surface area contributed by atoms with E-state index in [1.54, 1.807) is 0 Å². The molecule has 1 N–H and O–H groups in total. The highest BCUT2D eigenvalue weighted by Gasteiger charge is 2.37. The molecule has 2 aromatic carbocycles. The van der Waals surface area contributed by atoms with E-state index in [0.29, 0.717) is 35.1 Å². The maximum absolute atomic E-state index is 13.2. The van der Waals surface area contributed by atoms with Gasteiger partial charge < -0.3 is 19.6 Å². The molecule has 0 aromatic heterocycles. The van der Waals surface area contributed by atoms with Crippen LogP contribution >= 0.6 is 23.2 Å². The molecule has 8 heteroatoms. The average molecular weight is 560 g/mol. The fraction of sp³-hybridized carbons (Fsp3) is 0.533. The van der Waals surface area contributed by atoms with Gasteiger partial charge in [0, 0.05) is 47.2 Å². The number of ether oxygens (including phenoxy) is 1. The molecule has 3 aliphatic rings. The molecule has 0 bridgehead atoms. The first-order valence-electron chi connectivity index (χ1n) is 13.7. The van der Waals surface area contributed by atoms with Crippen LogP contribution in [0.2, 0.25) is 10.0 Å². The van der Waals surface area contributed by atoms with Crippen molar-refractivity contribution >= 4 is 35.0 Å². The SMILES string of the molecule is C[C@@H]1CN(C(=O)c2ccc(-c3cc(Cl)c(C[C@@H]4CCN(C5CCC(O)CC5)C4=O)c(Cl)c3)cc2)C[C@H](C)O1. The van der Waals surface area contributed by atoms with Gasteiger partial charge in [-0.2, -0.15) is 0 Å². The zero-order valence-corrected chi connectivity index (χ0v) is 23.5. The van der Waals surface area contributed by atoms with Crippen LogP contribution < -0.4 is 0 Å². The normalized spacial score (nSPS) is 28.1. The van der Waals surface area contributed by atoms with E-state index >= 15 is 0 Å². The largest absolute Gasteiger partial charge is 0.393 e. The minimum Gasteiger partial charge on any atom is -0.393 e. The van der Waals surface area contributed by atoms with Crippen LogP contribution in [0.3, 0.4) is 0 Å². The van der Waals surface area contributed by atoms with E-state index in [4.69, 9.17) is 27.9 Å². The molecule has 3 atom stereocenters. The lowest BCUT2D eigenvalue weighted by molar-refractivity contribution is -0.133. The van der Waals surface area contributed by atoms with E-state index in [-0.39, 0.29) is 42.1 Å². The number of amides is 2. The summed E-state index contributed by atoms with van der Waals surface area (Å²) >= 11 is 13.4. The summed E-state index contributed by atoms with van der Waals surface area (Å²) in [7, 11) is 0. The van der Waals surface area contributed by atoms with Crippen LogP contribution in [0.1, 0.15) is 61.9 Å². The molecule has 2 saturated heterocycles. The minimum atomic E-state index is -0.232. The predicted molar refractivity (Wildman–Crippen MR) is 150 cm³/mol. The van der Waals surface area contributed by atoms with Crippen molar-refractivity contribution in [1.82, 2.24) is 9.80 Å². The second-order valence-electron chi connectivity index (χ2n) is 11.1. The quantitative estimate of drug-likeness (QED) is 0.518. The van der Waals surface area contributed by atoms with Crippen LogP contribution in [0, 0.1) is 5.92 Å². The molecule has 2 aliphatic heterocycles. The summed E-state index contributed by atoms with van der Waals surface area (Å²) in [6.07, 6.45) is 4.38. The second-order valence-corrected chi connectivity index (χ2v) is 12.0. The van der Waals surface area contributed by atoms with Gasteiger partial charge in [-0.05, 0) is 93.3 Å². The molecule has 6 nitrogen and oxygen atoms in total. The summed E-state index contributed by atoms with van der Waals surface area (Å²) < 4.78 is 5.75. The summed E-state index contributed by atoms with van der Waals surface area (Å²) in [5.41, 5.74) is 3.24. The van der Waals surface area contributed by atoms with Gasteiger partial charge in [-0.1, -0.05) is 35.3 Å². The number of halogens is 2. The van der Waals surface area contributed by atoms with Crippen LogP contribution in [0.15, 0.2) is 36.4 Å². The molecular weight excluding hydrogens is 523 g/mol. The van der Waals surface area contributed by atoms with Gasteiger partial charge in [-0.15, -0.1) is 0 Å². The Bertz CT molecular complexity index is 1150. The molecule has 0 radical (unpaired) electrons. The molecule has 1 aliphatic carbocycles. The number of hydrogen-bond donors (Lipinski definition) is 1. The third-order valence-corrected chi connectivity index (χ3v) is 8.90. The highest BCUT2D eigenvalue weighted by molar-refractivity contribution is 6.36. The average Bonchev–Trinajstić information content (AvgIpc) is 3.25. The highest BCUT2D eigenvalue weighted by atomic mass is 35.5. The number of aliphatic hydroxyl groups is 1. The van der Waals surface area contributed by atoms with E-state index in [1.165, 1.54) is 0 Å². The fourth-order valence-electron chi connectivity index (χ4n) is 6.23. The number of carbonyl (C=O) groups excluding carboxylic acids is 2. The Hall–Kier alpha value is -2.12. The van der Waals surface area contributed by atoms with E-state index < -0.39 is 0 Å². The molecule has 2 heterocycles. The molecule has 204 valence electrons. The van der Waals surface area contributed by atoms with E-state index in [2.05, 4.69) is 0 Å². The third kappa shape index (κ3) is 5.89. The Morgan fingerprint density at radius 2 is 1.55 bits per heavy atom. The van der Waals surface area contributed by atoms with E-state index in [9.17, 15) is 14.7 Å². The van der Waals surface area contributed by atoms with Crippen molar-refractivity contribution in [2.75, 3.05) is 19.6 Å². The first kappa shape index (κ1) is 27.4. The van der Waals surface area contributed by atoms with Gasteiger partial charge in [-0.3, -0.25) is 9.59 Å². The Balaban J connectivity index is 1.25. The zero-order chi connectivity index (χ0) is 27.0. The smallest absolute Gasteiger partial charge is 0.254 e. The predicted octanol–water partition coefficient (Wildman–Crippen LogP) is 5.60. The Morgan fingerprint density at radius 1 is 0.947 bits per heavy atom. The van der Waals surface area contributed by atoms with Crippen LogP contribution in [-0.4, -0.2) is 70.7 Å². The van der Waals surface area contributed by atoms with E-state index in [1.807, 2.05) is 60.0 Å². The van der Waals surface area contributed by atoms with Gasteiger partial charge in [0.25, 0.3) is 5.91 Å². The third-order valence-electron chi connectivity index (χ3n) is 8.22. The number of likely N-dealkylation sites (tertiary alicyclic amines) is 1. The Morgan fingerprint density at radius 3 is 2.16 bits per heavy atom. The van der Waals surface area contributed by atoms with Gasteiger partial charge in [-0.25, -0.2) is 0 Å². The fourth-order valence-corrected chi connectivity index (χ4v) is 6.87. The molecular formula is C30H36Cl2N2O4. The standard InChI is InChI=1S/C30H36Cl2N2O4/c1-18-16-33(17-19(2)38-18)29(36)21-5-3-20(4-6-21)23-14-27(31)26(28(32)15-23)13-22-11-12-34(30(22)37)24-7-9-25(35)10-8-24/h3-6,14-15,18-19,22,24-25,35H,7-13,16-17H2,1-2H3/t18-,19+,22-,24?,25?/m0/s1. The number of nitrogens with zero attached hydrogens (tertiary/aromatic N) is 2. The molecule has 2 amide bonds. The van der Waals surface area contributed by atoms with Crippen LogP contribution in [0.25, 0.3) is 11.1 Å². The van der Waals surface area contributed by atoms with Crippen LogP contribution in [-0.2, 0) is 16.0 Å². The summed E-state index contributed by atoms with van der Waals surface area (Å²) in [5.74, 6) is 0.0511. The Kier molecular flexibility index (Phi) is 8.34. The topological polar surface area (TPSA) is 70.1 Å². The molecule has 5 rings (SSSR count). The Labute approximate surface area is 234 Å². The van der Waals surface area contributed by atoms with Crippen molar-refractivity contribution in [3.05, 3.63) is 57.6 Å². The van der Waals surface area contributed by atoms with Gasteiger partial charge >= 0.3 is 0 Å². The van der Waals surface area contributed by atoms with Crippen molar-refractivity contribution in [2.24, 2.45) is 5.92 Å². The lowest BCUT2D eigenvalue weighted by Gasteiger charge is -2.35. The number of benzene rings is 2. The van der Waals surface area contributed by atoms with Crippen molar-refractivity contribution in [2.45, 2.75) is 76.7 Å². The van der Waals surface area contributed by atoms with Crippen molar-refractivity contribution in [3.63, 3.8) is 0 Å². The monoisotopic (exact) mass is 558 g/mol. The van der Waals surface area contributed by atoms with Gasteiger partial charge in [0.1, 0.15) is 0 Å². The molecule has 0 spiro atoms. The molecule has 38 heavy (non-hydrogen) atoms.